The zero-order chi connectivity index (χ0) is 24.1. The van der Waals surface area contributed by atoms with E-state index in [1.165, 1.54) is 0 Å². The van der Waals surface area contributed by atoms with Crippen LogP contribution in [0.1, 0.15) is 28.3 Å². The molecule has 7 heteroatoms. The first-order valence-corrected chi connectivity index (χ1v) is 11.1. The van der Waals surface area contributed by atoms with Crippen molar-refractivity contribution < 1.29 is 23.7 Å². The number of urea groups is 1. The molecule has 0 radical (unpaired) electrons. The van der Waals surface area contributed by atoms with Gasteiger partial charge in [0.1, 0.15) is 0 Å². The molecule has 34 heavy (non-hydrogen) atoms. The number of benzene rings is 3. The van der Waals surface area contributed by atoms with Gasteiger partial charge in [0.2, 0.25) is 0 Å². The van der Waals surface area contributed by atoms with Crippen LogP contribution in [0.3, 0.4) is 0 Å². The molecule has 1 aliphatic rings. The highest BCUT2D eigenvalue weighted by Crippen LogP contribution is 2.41. The van der Waals surface area contributed by atoms with Crippen molar-refractivity contribution in [1.82, 2.24) is 10.2 Å². The van der Waals surface area contributed by atoms with Crippen LogP contribution >= 0.6 is 0 Å². The van der Waals surface area contributed by atoms with E-state index in [0.717, 1.165) is 28.7 Å². The van der Waals surface area contributed by atoms with Gasteiger partial charge in [-0.2, -0.15) is 0 Å². The number of methoxy groups -OCH3 is 4. The molecule has 3 aromatic carbocycles. The predicted octanol–water partition coefficient (Wildman–Crippen LogP) is 4.58. The number of fused-ring (bicyclic) bond motifs is 1. The maximum atomic E-state index is 13.4. The molecule has 0 aromatic heterocycles. The summed E-state index contributed by atoms with van der Waals surface area (Å²) in [5, 5.41) is 3.07. The second-order valence-corrected chi connectivity index (χ2v) is 8.01. The van der Waals surface area contributed by atoms with Crippen LogP contribution in [-0.2, 0) is 13.0 Å². The number of rotatable bonds is 7. The molecular formula is C27H30N2O5. The van der Waals surface area contributed by atoms with Crippen molar-refractivity contribution in [3.05, 3.63) is 82.9 Å². The molecule has 0 spiro atoms. The first kappa shape index (κ1) is 23.3. The molecular weight excluding hydrogens is 432 g/mol. The molecule has 1 N–H and O–H groups in total. The Labute approximate surface area is 200 Å². The third kappa shape index (κ3) is 4.59. The molecule has 1 aliphatic heterocycles. The number of amides is 2. The molecule has 4 rings (SSSR count). The van der Waals surface area contributed by atoms with Crippen LogP contribution in [0.25, 0.3) is 0 Å². The summed E-state index contributed by atoms with van der Waals surface area (Å²) in [6.07, 6.45) is 0.725. The molecule has 3 aromatic rings. The second-order valence-electron chi connectivity index (χ2n) is 8.01. The molecule has 1 atom stereocenters. The van der Waals surface area contributed by atoms with Crippen LogP contribution in [0, 0.1) is 0 Å². The second kappa shape index (κ2) is 10.4. The van der Waals surface area contributed by atoms with Crippen molar-refractivity contribution in [2.75, 3.05) is 35.0 Å². The van der Waals surface area contributed by atoms with Gasteiger partial charge < -0.3 is 29.2 Å². The first-order chi connectivity index (χ1) is 16.6. The highest BCUT2D eigenvalue weighted by atomic mass is 16.5. The van der Waals surface area contributed by atoms with Crippen molar-refractivity contribution in [2.45, 2.75) is 19.0 Å². The van der Waals surface area contributed by atoms with Gasteiger partial charge in [0, 0.05) is 13.1 Å². The largest absolute Gasteiger partial charge is 0.493 e. The van der Waals surface area contributed by atoms with Crippen LogP contribution in [0.4, 0.5) is 4.79 Å². The third-order valence-electron chi connectivity index (χ3n) is 6.14. The lowest BCUT2D eigenvalue weighted by Crippen LogP contribution is -2.45. The quantitative estimate of drug-likeness (QED) is 0.557. The summed E-state index contributed by atoms with van der Waals surface area (Å²) in [6.45, 7) is 0.954. The van der Waals surface area contributed by atoms with E-state index in [1.54, 1.807) is 28.4 Å². The fraction of sp³-hybridized carbons (Fsp3) is 0.296. The van der Waals surface area contributed by atoms with Gasteiger partial charge in [-0.15, -0.1) is 0 Å². The summed E-state index contributed by atoms with van der Waals surface area (Å²) >= 11 is 0. The zero-order valence-corrected chi connectivity index (χ0v) is 20.0. The van der Waals surface area contributed by atoms with Crippen LogP contribution in [0.15, 0.2) is 60.7 Å². The van der Waals surface area contributed by atoms with E-state index in [2.05, 4.69) is 5.32 Å². The number of nitrogens with one attached hydrogen (secondary N) is 1. The summed E-state index contributed by atoms with van der Waals surface area (Å²) in [4.78, 5) is 15.3. The Hall–Kier alpha value is -3.87. The molecule has 0 aliphatic carbocycles. The Balaban J connectivity index is 1.62. The smallest absolute Gasteiger partial charge is 0.318 e. The van der Waals surface area contributed by atoms with E-state index in [-0.39, 0.29) is 12.1 Å². The lowest BCUT2D eigenvalue weighted by atomic mass is 9.88. The highest BCUT2D eigenvalue weighted by Gasteiger charge is 2.33. The molecule has 0 bridgehead atoms. The summed E-state index contributed by atoms with van der Waals surface area (Å²) in [7, 11) is 6.45. The summed E-state index contributed by atoms with van der Waals surface area (Å²) < 4.78 is 21.8. The van der Waals surface area contributed by atoms with E-state index >= 15 is 0 Å². The predicted molar refractivity (Wildman–Crippen MR) is 130 cm³/mol. The number of ether oxygens (including phenoxy) is 4. The summed E-state index contributed by atoms with van der Waals surface area (Å²) in [6, 6.07) is 19.3. The SMILES string of the molecule is COc1ccc(CNC(=O)N2CCc3cc(OC)c(OC)cc3C2c2ccccc2)cc1OC. The van der Waals surface area contributed by atoms with E-state index in [0.29, 0.717) is 36.1 Å². The maximum absolute atomic E-state index is 13.4. The average Bonchev–Trinajstić information content (AvgIpc) is 2.90. The Bertz CT molecular complexity index is 1150. The van der Waals surface area contributed by atoms with Gasteiger partial charge in [0.25, 0.3) is 0 Å². The van der Waals surface area contributed by atoms with Crippen molar-refractivity contribution in [3.63, 3.8) is 0 Å². The third-order valence-corrected chi connectivity index (χ3v) is 6.14. The monoisotopic (exact) mass is 462 g/mol. The number of hydrogen-bond acceptors (Lipinski definition) is 5. The highest BCUT2D eigenvalue weighted by molar-refractivity contribution is 5.76. The lowest BCUT2D eigenvalue weighted by Gasteiger charge is -2.38. The normalized spacial score (nSPS) is 14.7. The molecule has 0 fully saturated rings. The van der Waals surface area contributed by atoms with Crippen LogP contribution in [0.2, 0.25) is 0 Å². The molecule has 178 valence electrons. The minimum atomic E-state index is -0.241. The zero-order valence-electron chi connectivity index (χ0n) is 20.0. The van der Waals surface area contributed by atoms with Crippen molar-refractivity contribution >= 4 is 6.03 Å². The molecule has 1 heterocycles. The molecule has 7 nitrogen and oxygen atoms in total. The summed E-state index contributed by atoms with van der Waals surface area (Å²) in [5.41, 5.74) is 4.15. The van der Waals surface area contributed by atoms with Crippen molar-refractivity contribution in [2.24, 2.45) is 0 Å². The Morgan fingerprint density at radius 2 is 1.50 bits per heavy atom. The minimum Gasteiger partial charge on any atom is -0.493 e. The van der Waals surface area contributed by atoms with Gasteiger partial charge in [0.15, 0.2) is 23.0 Å². The fourth-order valence-electron chi connectivity index (χ4n) is 4.43. The topological polar surface area (TPSA) is 69.3 Å². The Kier molecular flexibility index (Phi) is 7.11. The van der Waals surface area contributed by atoms with Gasteiger partial charge in [-0.3, -0.25) is 0 Å². The molecule has 0 saturated carbocycles. The van der Waals surface area contributed by atoms with Crippen molar-refractivity contribution in [1.29, 1.82) is 0 Å². The standard InChI is InChI=1S/C27H30N2O5/c1-31-22-11-10-18(14-23(22)32-2)17-28-27(30)29-13-12-20-15-24(33-3)25(34-4)16-21(20)26(29)19-8-6-5-7-9-19/h5-11,14-16,26H,12-13,17H2,1-4H3,(H,28,30). The number of nitrogens with zero attached hydrogens (tertiary/aromatic N) is 1. The van der Waals surface area contributed by atoms with Crippen LogP contribution < -0.4 is 24.3 Å². The number of carbonyl (C=O) groups is 1. The Morgan fingerprint density at radius 3 is 2.18 bits per heavy atom. The van der Waals surface area contributed by atoms with E-state index in [4.69, 9.17) is 18.9 Å². The van der Waals surface area contributed by atoms with E-state index in [9.17, 15) is 4.79 Å². The van der Waals surface area contributed by atoms with E-state index < -0.39 is 0 Å². The maximum Gasteiger partial charge on any atom is 0.318 e. The molecule has 2 amide bonds. The van der Waals surface area contributed by atoms with E-state index in [1.807, 2.05) is 65.6 Å². The summed E-state index contributed by atoms with van der Waals surface area (Å²) in [5.74, 6) is 2.62. The molecule has 1 unspecified atom stereocenters. The number of hydrogen-bond donors (Lipinski definition) is 1. The van der Waals surface area contributed by atoms with Gasteiger partial charge in [0.05, 0.1) is 34.5 Å². The van der Waals surface area contributed by atoms with Gasteiger partial charge in [-0.25, -0.2) is 4.79 Å². The van der Waals surface area contributed by atoms with Crippen LogP contribution in [-0.4, -0.2) is 45.9 Å². The first-order valence-electron chi connectivity index (χ1n) is 11.1. The van der Waals surface area contributed by atoms with Gasteiger partial charge >= 0.3 is 6.03 Å². The van der Waals surface area contributed by atoms with Crippen LogP contribution in [0.5, 0.6) is 23.0 Å². The van der Waals surface area contributed by atoms with Gasteiger partial charge in [-0.1, -0.05) is 36.4 Å². The number of carbonyl (C=O) groups excluding carboxylic acids is 1. The Morgan fingerprint density at radius 1 is 0.853 bits per heavy atom. The average molecular weight is 463 g/mol. The minimum absolute atomic E-state index is 0.135. The van der Waals surface area contributed by atoms with Crippen molar-refractivity contribution in [3.8, 4) is 23.0 Å². The fourth-order valence-corrected chi connectivity index (χ4v) is 4.43. The van der Waals surface area contributed by atoms with Gasteiger partial charge in [-0.05, 0) is 52.9 Å². The lowest BCUT2D eigenvalue weighted by molar-refractivity contribution is 0.179. The molecule has 0 saturated heterocycles.